The zero-order valence-electron chi connectivity index (χ0n) is 19.5. The summed E-state index contributed by atoms with van der Waals surface area (Å²) in [7, 11) is 0. The van der Waals surface area contributed by atoms with Gasteiger partial charge < -0.3 is 4.42 Å². The SMILES string of the molecule is CCCCCC1CCC(c2ccc(-c3ccc4cc(CCC)oc(=O)c4c3F)cc2)CC1. The van der Waals surface area contributed by atoms with Gasteiger partial charge in [0.25, 0.3) is 0 Å². The number of aryl methyl sites for hydroxylation is 1. The summed E-state index contributed by atoms with van der Waals surface area (Å²) in [4.78, 5) is 12.4. The molecule has 0 atom stereocenters. The molecule has 1 aliphatic carbocycles. The minimum atomic E-state index is -0.586. The second kappa shape index (κ2) is 10.5. The first kappa shape index (κ1) is 22.8. The van der Waals surface area contributed by atoms with Crippen molar-refractivity contribution in [2.24, 2.45) is 5.92 Å². The van der Waals surface area contributed by atoms with Crippen LogP contribution in [0.1, 0.15) is 88.9 Å². The average Bonchev–Trinajstić information content (AvgIpc) is 2.80. The van der Waals surface area contributed by atoms with E-state index in [-0.39, 0.29) is 5.39 Å². The standard InChI is InChI=1S/C29H35FO2/c1-3-5-6-8-20-9-11-21(12-10-20)22-13-15-23(16-14-22)26-18-17-24-19-25(7-4-2)32-29(31)27(24)28(26)30/h13-21H,3-12H2,1-2H3. The Labute approximate surface area is 190 Å². The van der Waals surface area contributed by atoms with Gasteiger partial charge in [-0.2, -0.15) is 0 Å². The average molecular weight is 435 g/mol. The van der Waals surface area contributed by atoms with Gasteiger partial charge in [0.05, 0.1) is 0 Å². The fraction of sp³-hybridized carbons (Fsp3) is 0.483. The minimum Gasteiger partial charge on any atom is -0.427 e. The predicted molar refractivity (Wildman–Crippen MR) is 131 cm³/mol. The lowest BCUT2D eigenvalue weighted by atomic mass is 9.77. The molecule has 0 N–H and O–H groups in total. The van der Waals surface area contributed by atoms with Gasteiger partial charge in [0.15, 0.2) is 0 Å². The molecule has 1 saturated carbocycles. The number of hydrogen-bond donors (Lipinski definition) is 0. The van der Waals surface area contributed by atoms with Gasteiger partial charge in [0, 0.05) is 12.0 Å². The molecule has 170 valence electrons. The molecule has 1 heterocycles. The van der Waals surface area contributed by atoms with E-state index >= 15 is 4.39 Å². The molecule has 3 aromatic rings. The maximum absolute atomic E-state index is 15.3. The number of rotatable bonds is 8. The van der Waals surface area contributed by atoms with Crippen molar-refractivity contribution in [2.45, 2.75) is 84.0 Å². The molecule has 2 nitrogen and oxygen atoms in total. The zero-order valence-corrected chi connectivity index (χ0v) is 19.5. The first-order valence-electron chi connectivity index (χ1n) is 12.5. The molecule has 0 spiro atoms. The third-order valence-corrected chi connectivity index (χ3v) is 7.17. The van der Waals surface area contributed by atoms with E-state index in [2.05, 4.69) is 19.1 Å². The molecule has 1 aromatic heterocycles. The molecular weight excluding hydrogens is 399 g/mol. The number of halogens is 1. The quantitative estimate of drug-likeness (QED) is 0.333. The number of hydrogen-bond acceptors (Lipinski definition) is 2. The van der Waals surface area contributed by atoms with E-state index in [9.17, 15) is 4.79 Å². The highest BCUT2D eigenvalue weighted by molar-refractivity contribution is 5.87. The Morgan fingerprint density at radius 2 is 1.69 bits per heavy atom. The van der Waals surface area contributed by atoms with Crippen molar-refractivity contribution in [3.8, 4) is 11.1 Å². The minimum absolute atomic E-state index is 0.0489. The summed E-state index contributed by atoms with van der Waals surface area (Å²) in [6.07, 6.45) is 12.1. The van der Waals surface area contributed by atoms with Gasteiger partial charge in [-0.05, 0) is 66.5 Å². The summed E-state index contributed by atoms with van der Waals surface area (Å²) in [6.45, 7) is 4.29. The number of benzene rings is 2. The molecule has 0 saturated heterocycles. The molecule has 0 aliphatic heterocycles. The van der Waals surface area contributed by atoms with Crippen LogP contribution in [0.25, 0.3) is 21.9 Å². The molecule has 0 amide bonds. The van der Waals surface area contributed by atoms with E-state index in [1.54, 1.807) is 12.1 Å². The van der Waals surface area contributed by atoms with Crippen LogP contribution in [0.3, 0.4) is 0 Å². The van der Waals surface area contributed by atoms with Crippen LogP contribution in [0.4, 0.5) is 4.39 Å². The first-order valence-corrected chi connectivity index (χ1v) is 12.5. The molecule has 0 unspecified atom stereocenters. The van der Waals surface area contributed by atoms with Crippen molar-refractivity contribution in [3.63, 3.8) is 0 Å². The fourth-order valence-electron chi connectivity index (χ4n) is 5.29. The van der Waals surface area contributed by atoms with Crippen molar-refractivity contribution in [3.05, 3.63) is 70.0 Å². The molecule has 4 rings (SSSR count). The molecule has 32 heavy (non-hydrogen) atoms. The van der Waals surface area contributed by atoms with Crippen LogP contribution >= 0.6 is 0 Å². The number of unbranched alkanes of at least 4 members (excludes halogenated alkanes) is 2. The third kappa shape index (κ3) is 4.98. The highest BCUT2D eigenvalue weighted by atomic mass is 19.1. The lowest BCUT2D eigenvalue weighted by Crippen LogP contribution is -2.13. The first-order chi connectivity index (χ1) is 15.6. The van der Waals surface area contributed by atoms with Gasteiger partial charge in [0.2, 0.25) is 0 Å². The molecule has 0 radical (unpaired) electrons. The Bertz CT molecular complexity index is 1090. The van der Waals surface area contributed by atoms with E-state index < -0.39 is 11.4 Å². The van der Waals surface area contributed by atoms with Crippen LogP contribution in [-0.4, -0.2) is 0 Å². The zero-order chi connectivity index (χ0) is 22.5. The van der Waals surface area contributed by atoms with E-state index in [1.807, 2.05) is 25.1 Å². The van der Waals surface area contributed by atoms with Gasteiger partial charge in [-0.25, -0.2) is 9.18 Å². The Balaban J connectivity index is 1.50. The summed E-state index contributed by atoms with van der Waals surface area (Å²) >= 11 is 0. The highest BCUT2D eigenvalue weighted by Gasteiger charge is 2.22. The van der Waals surface area contributed by atoms with Crippen molar-refractivity contribution in [1.82, 2.24) is 0 Å². The second-order valence-electron chi connectivity index (χ2n) is 9.48. The van der Waals surface area contributed by atoms with E-state index in [1.165, 1.54) is 56.9 Å². The highest BCUT2D eigenvalue weighted by Crippen LogP contribution is 2.38. The van der Waals surface area contributed by atoms with E-state index in [0.29, 0.717) is 29.0 Å². The number of fused-ring (bicyclic) bond motifs is 1. The van der Waals surface area contributed by atoms with Crippen LogP contribution in [0, 0.1) is 11.7 Å². The molecule has 2 aromatic carbocycles. The smallest absolute Gasteiger partial charge is 0.346 e. The molecule has 0 bridgehead atoms. The maximum atomic E-state index is 15.3. The van der Waals surface area contributed by atoms with Crippen molar-refractivity contribution in [1.29, 1.82) is 0 Å². The molecular formula is C29H35FO2. The van der Waals surface area contributed by atoms with Crippen molar-refractivity contribution < 1.29 is 8.81 Å². The largest absolute Gasteiger partial charge is 0.427 e. The summed E-state index contributed by atoms with van der Waals surface area (Å²) in [5.41, 5.74) is 2.03. The summed E-state index contributed by atoms with van der Waals surface area (Å²) in [5.74, 6) is 1.63. The maximum Gasteiger partial charge on any atom is 0.346 e. The Hall–Kier alpha value is -2.42. The van der Waals surface area contributed by atoms with Crippen LogP contribution in [-0.2, 0) is 6.42 Å². The van der Waals surface area contributed by atoms with Gasteiger partial charge in [0.1, 0.15) is 17.0 Å². The normalized spacial score (nSPS) is 18.8. The van der Waals surface area contributed by atoms with E-state index in [0.717, 1.165) is 17.9 Å². The van der Waals surface area contributed by atoms with Crippen LogP contribution in [0.2, 0.25) is 0 Å². The molecule has 1 aliphatic rings. The van der Waals surface area contributed by atoms with Gasteiger partial charge in [-0.1, -0.05) is 75.9 Å². The Morgan fingerprint density at radius 1 is 0.938 bits per heavy atom. The van der Waals surface area contributed by atoms with Gasteiger partial charge in [-0.3, -0.25) is 0 Å². The lowest BCUT2D eigenvalue weighted by molar-refractivity contribution is 0.303. The summed E-state index contributed by atoms with van der Waals surface area (Å²) < 4.78 is 20.6. The Morgan fingerprint density at radius 3 is 2.38 bits per heavy atom. The third-order valence-electron chi connectivity index (χ3n) is 7.17. The lowest BCUT2D eigenvalue weighted by Gasteiger charge is -2.29. The van der Waals surface area contributed by atoms with Gasteiger partial charge in [-0.15, -0.1) is 0 Å². The molecule has 1 fully saturated rings. The topological polar surface area (TPSA) is 30.2 Å². The van der Waals surface area contributed by atoms with Crippen LogP contribution < -0.4 is 5.63 Å². The second-order valence-corrected chi connectivity index (χ2v) is 9.48. The van der Waals surface area contributed by atoms with Crippen LogP contribution in [0.15, 0.2) is 51.7 Å². The monoisotopic (exact) mass is 434 g/mol. The predicted octanol–water partition coefficient (Wildman–Crippen LogP) is 8.41. The van der Waals surface area contributed by atoms with Crippen molar-refractivity contribution in [2.75, 3.05) is 0 Å². The fourth-order valence-corrected chi connectivity index (χ4v) is 5.29. The Kier molecular flexibility index (Phi) is 7.44. The summed E-state index contributed by atoms with van der Waals surface area (Å²) in [6, 6.07) is 13.7. The van der Waals surface area contributed by atoms with E-state index in [4.69, 9.17) is 4.42 Å². The van der Waals surface area contributed by atoms with Gasteiger partial charge >= 0.3 is 5.63 Å². The summed E-state index contributed by atoms with van der Waals surface area (Å²) in [5, 5.41) is 0.658. The van der Waals surface area contributed by atoms with Crippen molar-refractivity contribution >= 4 is 10.8 Å². The van der Waals surface area contributed by atoms with Crippen LogP contribution in [0.5, 0.6) is 0 Å². The molecule has 3 heteroatoms.